The van der Waals surface area contributed by atoms with E-state index in [0.29, 0.717) is 5.75 Å². The van der Waals surface area contributed by atoms with Crippen molar-refractivity contribution < 1.29 is 19.4 Å². The molecule has 104 valence electrons. The van der Waals surface area contributed by atoms with E-state index in [2.05, 4.69) is 4.74 Å². The van der Waals surface area contributed by atoms with E-state index in [0.717, 1.165) is 16.7 Å². The highest BCUT2D eigenvalue weighted by atomic mass is 16.5. The lowest BCUT2D eigenvalue weighted by molar-refractivity contribution is -0.139. The molecule has 0 atom stereocenters. The number of carbonyl (C=O) groups is 1. The van der Waals surface area contributed by atoms with E-state index >= 15 is 0 Å². The highest BCUT2D eigenvalue weighted by Crippen LogP contribution is 2.34. The number of esters is 1. The molecule has 0 bridgehead atoms. The zero-order valence-electron chi connectivity index (χ0n) is 11.4. The summed E-state index contributed by atoms with van der Waals surface area (Å²) in [6.07, 6.45) is 0.158. The molecule has 2 rings (SSSR count). The van der Waals surface area contributed by atoms with E-state index in [1.165, 1.54) is 7.11 Å². The van der Waals surface area contributed by atoms with Crippen molar-refractivity contribution in [1.82, 2.24) is 0 Å². The summed E-state index contributed by atoms with van der Waals surface area (Å²) >= 11 is 0. The number of ether oxygens (including phenoxy) is 2. The van der Waals surface area contributed by atoms with Gasteiger partial charge in [-0.2, -0.15) is 0 Å². The van der Waals surface area contributed by atoms with Crippen LogP contribution in [0.3, 0.4) is 0 Å². The second-order valence-corrected chi connectivity index (χ2v) is 4.30. The Morgan fingerprint density at radius 2 is 1.80 bits per heavy atom. The van der Waals surface area contributed by atoms with Gasteiger partial charge in [-0.3, -0.25) is 4.79 Å². The predicted octanol–water partition coefficient (Wildman–Crippen LogP) is 2.78. The Hall–Kier alpha value is -2.49. The Morgan fingerprint density at radius 1 is 1.10 bits per heavy atom. The molecule has 0 aromatic heterocycles. The summed E-state index contributed by atoms with van der Waals surface area (Å²) < 4.78 is 10.1. The van der Waals surface area contributed by atoms with Crippen LogP contribution in [0.1, 0.15) is 5.56 Å². The summed E-state index contributed by atoms with van der Waals surface area (Å²) in [4.78, 5) is 11.4. The van der Waals surface area contributed by atoms with E-state index in [1.54, 1.807) is 31.4 Å². The van der Waals surface area contributed by atoms with Gasteiger partial charge in [0, 0.05) is 11.1 Å². The van der Waals surface area contributed by atoms with Crippen molar-refractivity contribution in [3.05, 3.63) is 48.0 Å². The standard InChI is InChI=1S/C16H16O4/c1-19-15(18)10-12-4-3-5-14(16(12)20-2)11-6-8-13(17)9-7-11/h3-9,17H,10H2,1-2H3. The van der Waals surface area contributed by atoms with Gasteiger partial charge < -0.3 is 14.6 Å². The number of para-hydroxylation sites is 1. The summed E-state index contributed by atoms with van der Waals surface area (Å²) in [6.45, 7) is 0. The second kappa shape index (κ2) is 6.10. The molecule has 2 aromatic rings. The van der Waals surface area contributed by atoms with Crippen molar-refractivity contribution in [1.29, 1.82) is 0 Å². The van der Waals surface area contributed by atoms with Crippen molar-refractivity contribution in [2.75, 3.05) is 14.2 Å². The van der Waals surface area contributed by atoms with Crippen molar-refractivity contribution in [3.8, 4) is 22.6 Å². The number of benzene rings is 2. The van der Waals surface area contributed by atoms with E-state index in [4.69, 9.17) is 4.74 Å². The number of aromatic hydroxyl groups is 1. The first-order valence-corrected chi connectivity index (χ1v) is 6.17. The lowest BCUT2D eigenvalue weighted by Gasteiger charge is -2.13. The van der Waals surface area contributed by atoms with Gasteiger partial charge in [0.05, 0.1) is 20.6 Å². The molecule has 0 heterocycles. The van der Waals surface area contributed by atoms with Gasteiger partial charge >= 0.3 is 5.97 Å². The van der Waals surface area contributed by atoms with Crippen molar-refractivity contribution in [3.63, 3.8) is 0 Å². The molecule has 20 heavy (non-hydrogen) atoms. The van der Waals surface area contributed by atoms with Crippen molar-refractivity contribution in [2.24, 2.45) is 0 Å². The monoisotopic (exact) mass is 272 g/mol. The molecule has 0 spiro atoms. The van der Waals surface area contributed by atoms with Crippen LogP contribution < -0.4 is 4.74 Å². The first-order valence-electron chi connectivity index (χ1n) is 6.17. The zero-order chi connectivity index (χ0) is 14.5. The third kappa shape index (κ3) is 2.91. The Labute approximate surface area is 117 Å². The highest BCUT2D eigenvalue weighted by Gasteiger charge is 2.13. The molecule has 0 fully saturated rings. The normalized spacial score (nSPS) is 10.1. The van der Waals surface area contributed by atoms with E-state index < -0.39 is 0 Å². The van der Waals surface area contributed by atoms with Gasteiger partial charge in [-0.25, -0.2) is 0 Å². The van der Waals surface area contributed by atoms with Crippen LogP contribution in [0.2, 0.25) is 0 Å². The summed E-state index contributed by atoms with van der Waals surface area (Å²) in [5, 5.41) is 9.34. The van der Waals surface area contributed by atoms with Crippen molar-refractivity contribution in [2.45, 2.75) is 6.42 Å². The number of hydrogen-bond donors (Lipinski definition) is 1. The molecule has 2 aromatic carbocycles. The molecular weight excluding hydrogens is 256 g/mol. The first kappa shape index (κ1) is 13.9. The molecule has 0 aliphatic heterocycles. The lowest BCUT2D eigenvalue weighted by atomic mass is 10.00. The Morgan fingerprint density at radius 3 is 2.40 bits per heavy atom. The Balaban J connectivity index is 2.45. The maximum atomic E-state index is 11.4. The molecule has 1 N–H and O–H groups in total. The van der Waals surface area contributed by atoms with Crippen LogP contribution in [0.15, 0.2) is 42.5 Å². The van der Waals surface area contributed by atoms with Gasteiger partial charge in [-0.1, -0.05) is 30.3 Å². The summed E-state index contributed by atoms with van der Waals surface area (Å²) in [6, 6.07) is 12.4. The second-order valence-electron chi connectivity index (χ2n) is 4.30. The third-order valence-corrected chi connectivity index (χ3v) is 3.04. The van der Waals surface area contributed by atoms with Gasteiger partial charge in [-0.15, -0.1) is 0 Å². The van der Waals surface area contributed by atoms with Crippen molar-refractivity contribution >= 4 is 5.97 Å². The average molecular weight is 272 g/mol. The highest BCUT2D eigenvalue weighted by molar-refractivity contribution is 5.78. The smallest absolute Gasteiger partial charge is 0.310 e. The minimum absolute atomic E-state index is 0.158. The molecule has 0 amide bonds. The number of methoxy groups -OCH3 is 2. The quantitative estimate of drug-likeness (QED) is 0.869. The number of phenolic OH excluding ortho intramolecular Hbond substituents is 1. The molecule has 0 unspecified atom stereocenters. The van der Waals surface area contributed by atoms with Crippen LogP contribution in [0, 0.1) is 0 Å². The van der Waals surface area contributed by atoms with E-state index in [9.17, 15) is 9.90 Å². The van der Waals surface area contributed by atoms with Crippen LogP contribution in [0.25, 0.3) is 11.1 Å². The van der Waals surface area contributed by atoms with Crippen LogP contribution in [-0.2, 0) is 16.0 Å². The molecule has 0 radical (unpaired) electrons. The largest absolute Gasteiger partial charge is 0.508 e. The fourth-order valence-electron chi connectivity index (χ4n) is 2.06. The summed E-state index contributed by atoms with van der Waals surface area (Å²) in [5.41, 5.74) is 2.55. The number of hydrogen-bond acceptors (Lipinski definition) is 4. The topological polar surface area (TPSA) is 55.8 Å². The lowest BCUT2D eigenvalue weighted by Crippen LogP contribution is -2.06. The number of phenols is 1. The van der Waals surface area contributed by atoms with Gasteiger partial charge in [-0.05, 0) is 17.7 Å². The maximum absolute atomic E-state index is 11.4. The Bertz CT molecular complexity index is 602. The van der Waals surface area contributed by atoms with Gasteiger partial charge in [0.1, 0.15) is 11.5 Å². The minimum atomic E-state index is -0.314. The average Bonchev–Trinajstić information content (AvgIpc) is 2.47. The molecular formula is C16H16O4. The van der Waals surface area contributed by atoms with Gasteiger partial charge in [0.2, 0.25) is 0 Å². The van der Waals surface area contributed by atoms with Crippen LogP contribution in [-0.4, -0.2) is 25.3 Å². The summed E-state index contributed by atoms with van der Waals surface area (Å²) in [5.74, 6) is 0.535. The van der Waals surface area contributed by atoms with Crippen LogP contribution in [0.5, 0.6) is 11.5 Å². The first-order chi connectivity index (χ1) is 9.65. The third-order valence-electron chi connectivity index (χ3n) is 3.04. The van der Waals surface area contributed by atoms with Crippen LogP contribution >= 0.6 is 0 Å². The SMILES string of the molecule is COC(=O)Cc1cccc(-c2ccc(O)cc2)c1OC. The van der Waals surface area contributed by atoms with Crippen LogP contribution in [0.4, 0.5) is 0 Å². The predicted molar refractivity (Wildman–Crippen MR) is 75.8 cm³/mol. The van der Waals surface area contributed by atoms with E-state index in [-0.39, 0.29) is 18.1 Å². The molecule has 0 saturated heterocycles. The number of rotatable bonds is 4. The molecule has 0 saturated carbocycles. The minimum Gasteiger partial charge on any atom is -0.508 e. The molecule has 0 aliphatic carbocycles. The zero-order valence-corrected chi connectivity index (χ0v) is 11.4. The van der Waals surface area contributed by atoms with Gasteiger partial charge in [0.15, 0.2) is 0 Å². The molecule has 4 heteroatoms. The fourth-order valence-corrected chi connectivity index (χ4v) is 2.06. The van der Waals surface area contributed by atoms with E-state index in [1.807, 2.05) is 18.2 Å². The molecule has 4 nitrogen and oxygen atoms in total. The number of carbonyl (C=O) groups excluding carboxylic acids is 1. The molecule has 0 aliphatic rings. The van der Waals surface area contributed by atoms with Gasteiger partial charge in [0.25, 0.3) is 0 Å². The Kier molecular flexibility index (Phi) is 4.25. The maximum Gasteiger partial charge on any atom is 0.310 e. The summed E-state index contributed by atoms with van der Waals surface area (Å²) in [7, 11) is 2.93. The fraction of sp³-hybridized carbons (Fsp3) is 0.188.